The first-order valence-electron chi connectivity index (χ1n) is 7.36. The molecule has 1 heterocycles. The minimum absolute atomic E-state index is 0.314. The Balaban J connectivity index is 2.08. The number of hydrogen-bond acceptors (Lipinski definition) is 3. The van der Waals surface area contributed by atoms with Crippen LogP contribution in [0.2, 0.25) is 0 Å². The fraction of sp³-hybridized carbons (Fsp3) is 0.933. The summed E-state index contributed by atoms with van der Waals surface area (Å²) in [6.07, 6.45) is 3.74. The van der Waals surface area contributed by atoms with Gasteiger partial charge in [-0.05, 0) is 51.0 Å². The van der Waals surface area contributed by atoms with E-state index in [0.29, 0.717) is 12.0 Å². The average Bonchev–Trinajstić information content (AvgIpc) is 3.16. The molecule has 4 unspecified atom stereocenters. The third kappa shape index (κ3) is 2.55. The van der Waals surface area contributed by atoms with Gasteiger partial charge in [0.15, 0.2) is 0 Å². The first kappa shape index (κ1) is 13.8. The second-order valence-electron chi connectivity index (χ2n) is 6.60. The molecule has 0 bridgehead atoms. The van der Waals surface area contributed by atoms with Crippen LogP contribution in [0, 0.1) is 29.1 Å². The quantitative estimate of drug-likeness (QED) is 0.830. The number of nitriles is 1. The maximum Gasteiger partial charge on any atom is 0.122 e. The van der Waals surface area contributed by atoms with Gasteiger partial charge in [0, 0.05) is 19.1 Å². The highest BCUT2D eigenvalue weighted by molar-refractivity contribution is 5.16. The van der Waals surface area contributed by atoms with Gasteiger partial charge in [-0.25, -0.2) is 0 Å². The fourth-order valence-corrected chi connectivity index (χ4v) is 3.53. The van der Waals surface area contributed by atoms with E-state index in [0.717, 1.165) is 24.9 Å². The molecular weight excluding hydrogens is 222 g/mol. The lowest BCUT2D eigenvalue weighted by Gasteiger charge is -2.44. The van der Waals surface area contributed by atoms with E-state index in [1.54, 1.807) is 0 Å². The van der Waals surface area contributed by atoms with E-state index in [1.165, 1.54) is 19.3 Å². The van der Waals surface area contributed by atoms with E-state index in [2.05, 4.69) is 37.1 Å². The van der Waals surface area contributed by atoms with Crippen LogP contribution in [-0.4, -0.2) is 36.6 Å². The molecule has 3 heteroatoms. The molecule has 1 saturated carbocycles. The van der Waals surface area contributed by atoms with Crippen molar-refractivity contribution >= 4 is 0 Å². The molecule has 0 radical (unpaired) electrons. The molecule has 0 spiro atoms. The van der Waals surface area contributed by atoms with Gasteiger partial charge in [0.05, 0.1) is 6.07 Å². The molecular formula is C15H27N3. The van der Waals surface area contributed by atoms with Crippen LogP contribution in [0.5, 0.6) is 0 Å². The lowest BCUT2D eigenvalue weighted by Crippen LogP contribution is -2.58. The summed E-state index contributed by atoms with van der Waals surface area (Å²) in [6, 6.07) is 3.17. The third-order valence-corrected chi connectivity index (χ3v) is 5.09. The Morgan fingerprint density at radius 3 is 2.50 bits per heavy atom. The van der Waals surface area contributed by atoms with Crippen molar-refractivity contribution in [3.05, 3.63) is 0 Å². The van der Waals surface area contributed by atoms with Gasteiger partial charge in [0.25, 0.3) is 0 Å². The Hall–Kier alpha value is -0.590. The SMILES string of the molecule is CNC(C#N)(CN1CC(C)CC(C)C1C)C1CC1. The van der Waals surface area contributed by atoms with Crippen LogP contribution in [0.25, 0.3) is 0 Å². The zero-order chi connectivity index (χ0) is 13.3. The van der Waals surface area contributed by atoms with Crippen molar-refractivity contribution in [1.82, 2.24) is 10.2 Å². The zero-order valence-corrected chi connectivity index (χ0v) is 12.2. The van der Waals surface area contributed by atoms with Crippen molar-refractivity contribution < 1.29 is 0 Å². The summed E-state index contributed by atoms with van der Waals surface area (Å²) in [4.78, 5) is 2.54. The minimum Gasteiger partial charge on any atom is -0.301 e. The van der Waals surface area contributed by atoms with E-state index in [4.69, 9.17) is 0 Å². The second kappa shape index (κ2) is 5.19. The van der Waals surface area contributed by atoms with Crippen LogP contribution in [0.3, 0.4) is 0 Å². The molecule has 0 aromatic heterocycles. The highest BCUT2D eigenvalue weighted by Gasteiger charge is 2.47. The Bertz CT molecular complexity index is 331. The van der Waals surface area contributed by atoms with E-state index in [1.807, 2.05) is 7.05 Å². The first-order chi connectivity index (χ1) is 8.52. The zero-order valence-electron chi connectivity index (χ0n) is 12.2. The molecule has 18 heavy (non-hydrogen) atoms. The monoisotopic (exact) mass is 249 g/mol. The Kier molecular flexibility index (Phi) is 3.99. The van der Waals surface area contributed by atoms with Crippen molar-refractivity contribution in [2.75, 3.05) is 20.1 Å². The predicted octanol–water partition coefficient (Wildman–Crippen LogP) is 2.24. The maximum absolute atomic E-state index is 9.60. The van der Waals surface area contributed by atoms with Crippen LogP contribution < -0.4 is 5.32 Å². The largest absolute Gasteiger partial charge is 0.301 e. The van der Waals surface area contributed by atoms with Crippen molar-refractivity contribution in [3.8, 4) is 6.07 Å². The molecule has 1 aliphatic heterocycles. The molecule has 4 atom stereocenters. The Labute approximate surface area is 112 Å². The standard InChI is InChI=1S/C15H27N3/c1-11-7-12(2)13(3)18(8-11)10-15(9-16,17-4)14-5-6-14/h11-14,17H,5-8,10H2,1-4H3. The molecule has 1 aliphatic carbocycles. The molecule has 0 aromatic rings. The lowest BCUT2D eigenvalue weighted by molar-refractivity contribution is 0.0576. The van der Waals surface area contributed by atoms with E-state index < -0.39 is 0 Å². The highest BCUT2D eigenvalue weighted by atomic mass is 15.2. The fourth-order valence-electron chi connectivity index (χ4n) is 3.53. The lowest BCUT2D eigenvalue weighted by atomic mass is 9.84. The number of hydrogen-bond donors (Lipinski definition) is 1. The average molecular weight is 249 g/mol. The van der Waals surface area contributed by atoms with Gasteiger partial charge in [-0.15, -0.1) is 0 Å². The number of rotatable bonds is 4. The summed E-state index contributed by atoms with van der Waals surface area (Å²) in [5.41, 5.74) is -0.314. The van der Waals surface area contributed by atoms with Gasteiger partial charge >= 0.3 is 0 Å². The smallest absolute Gasteiger partial charge is 0.122 e. The maximum atomic E-state index is 9.60. The van der Waals surface area contributed by atoms with Crippen LogP contribution >= 0.6 is 0 Å². The van der Waals surface area contributed by atoms with Crippen molar-refractivity contribution in [2.24, 2.45) is 17.8 Å². The van der Waals surface area contributed by atoms with Crippen LogP contribution in [0.1, 0.15) is 40.0 Å². The van der Waals surface area contributed by atoms with Gasteiger partial charge in [0.1, 0.15) is 5.54 Å². The van der Waals surface area contributed by atoms with Crippen LogP contribution in [0.4, 0.5) is 0 Å². The third-order valence-electron chi connectivity index (χ3n) is 5.09. The number of likely N-dealkylation sites (tertiary alicyclic amines) is 1. The van der Waals surface area contributed by atoms with Gasteiger partial charge in [-0.3, -0.25) is 4.90 Å². The number of piperidine rings is 1. The summed E-state index contributed by atoms with van der Waals surface area (Å²) >= 11 is 0. The van der Waals surface area contributed by atoms with E-state index >= 15 is 0 Å². The van der Waals surface area contributed by atoms with Gasteiger partial charge in [-0.1, -0.05) is 13.8 Å². The first-order valence-corrected chi connectivity index (χ1v) is 7.36. The Morgan fingerprint density at radius 1 is 1.33 bits per heavy atom. The normalized spacial score (nSPS) is 36.9. The molecule has 1 N–H and O–H groups in total. The van der Waals surface area contributed by atoms with Crippen LogP contribution in [-0.2, 0) is 0 Å². The number of nitrogens with one attached hydrogen (secondary N) is 1. The molecule has 2 fully saturated rings. The molecule has 0 aromatic carbocycles. The summed E-state index contributed by atoms with van der Waals surface area (Å²) in [5.74, 6) is 2.05. The van der Waals surface area contributed by atoms with Crippen molar-refractivity contribution in [3.63, 3.8) is 0 Å². The number of likely N-dealkylation sites (N-methyl/N-ethyl adjacent to an activating group) is 1. The van der Waals surface area contributed by atoms with Gasteiger partial charge < -0.3 is 5.32 Å². The van der Waals surface area contributed by atoms with Crippen molar-refractivity contribution in [1.29, 1.82) is 5.26 Å². The molecule has 2 rings (SSSR count). The topological polar surface area (TPSA) is 39.1 Å². The van der Waals surface area contributed by atoms with Gasteiger partial charge in [-0.2, -0.15) is 5.26 Å². The molecule has 102 valence electrons. The van der Waals surface area contributed by atoms with Gasteiger partial charge in [0.2, 0.25) is 0 Å². The van der Waals surface area contributed by atoms with Crippen LogP contribution in [0.15, 0.2) is 0 Å². The summed E-state index contributed by atoms with van der Waals surface area (Å²) in [6.45, 7) is 9.03. The van der Waals surface area contributed by atoms with E-state index in [-0.39, 0.29) is 5.54 Å². The summed E-state index contributed by atoms with van der Waals surface area (Å²) in [5, 5.41) is 12.9. The summed E-state index contributed by atoms with van der Waals surface area (Å²) < 4.78 is 0. The number of nitrogens with zero attached hydrogens (tertiary/aromatic N) is 2. The minimum atomic E-state index is -0.314. The molecule has 2 aliphatic rings. The summed E-state index contributed by atoms with van der Waals surface area (Å²) in [7, 11) is 1.95. The Morgan fingerprint density at radius 2 is 2.00 bits per heavy atom. The predicted molar refractivity (Wildman–Crippen MR) is 74.1 cm³/mol. The highest BCUT2D eigenvalue weighted by Crippen LogP contribution is 2.41. The van der Waals surface area contributed by atoms with Crippen molar-refractivity contribution in [2.45, 2.75) is 51.6 Å². The molecule has 0 amide bonds. The second-order valence-corrected chi connectivity index (χ2v) is 6.60. The molecule has 1 saturated heterocycles. The van der Waals surface area contributed by atoms with E-state index in [9.17, 15) is 5.26 Å². The molecule has 3 nitrogen and oxygen atoms in total.